The minimum Gasteiger partial charge on any atom is -0.497 e. The molecule has 0 radical (unpaired) electrons. The predicted octanol–water partition coefficient (Wildman–Crippen LogP) is 2.83. The van der Waals surface area contributed by atoms with Gasteiger partial charge in [-0.25, -0.2) is 0 Å². The molecule has 0 saturated carbocycles. The Labute approximate surface area is 162 Å². The number of nitrogens with one attached hydrogen (secondary N) is 1. The van der Waals surface area contributed by atoms with Crippen LogP contribution in [0.3, 0.4) is 0 Å². The Balaban J connectivity index is 2.18. The first-order valence-corrected chi connectivity index (χ1v) is 9.57. The van der Waals surface area contributed by atoms with Gasteiger partial charge < -0.3 is 15.0 Å². The molecule has 1 saturated heterocycles. The maximum Gasteiger partial charge on any atom is 0.299 e. The average molecular weight is 370 g/mol. The van der Waals surface area contributed by atoms with Crippen molar-refractivity contribution in [3.05, 3.63) is 29.8 Å². The smallest absolute Gasteiger partial charge is 0.299 e. The largest absolute Gasteiger partial charge is 0.497 e. The highest BCUT2D eigenvalue weighted by atomic mass is 16.5. The Hall–Kier alpha value is -2.48. The van der Waals surface area contributed by atoms with E-state index in [0.29, 0.717) is 24.8 Å². The number of ether oxygens (including phenoxy) is 1. The van der Waals surface area contributed by atoms with Crippen LogP contribution in [0.2, 0.25) is 0 Å². The highest BCUT2D eigenvalue weighted by Gasteiger charge is 2.37. The number of rotatable bonds is 5. The predicted molar refractivity (Wildman–Crippen MR) is 106 cm³/mol. The van der Waals surface area contributed by atoms with Crippen LogP contribution in [0.1, 0.15) is 46.1 Å². The summed E-state index contributed by atoms with van der Waals surface area (Å²) in [5, 5.41) is 3.08. The maximum atomic E-state index is 12.8. The molecule has 1 aromatic rings. The maximum absolute atomic E-state index is 12.8. The van der Waals surface area contributed by atoms with Crippen molar-refractivity contribution in [2.75, 3.05) is 13.7 Å². The fraction of sp³-hybridized carbons (Fsp3) is 0.545. The Morgan fingerprint density at radius 2 is 1.81 bits per heavy atom. The first-order valence-electron chi connectivity index (χ1n) is 9.57. The molecule has 1 N–H and O–H groups in total. The van der Waals surface area contributed by atoms with Crippen molar-refractivity contribution in [2.24, 2.45) is 11.8 Å². The van der Waals surface area contributed by atoms with Gasteiger partial charge >= 0.3 is 0 Å². The highest BCUT2D eigenvalue weighted by Crippen LogP contribution is 2.19. The molecule has 2 rings (SSSR count). The van der Waals surface area contributed by atoms with Crippen LogP contribution in [0.25, 0.3) is 0 Å². The van der Waals surface area contributed by atoms with Crippen molar-refractivity contribution < 1.29 is 14.3 Å². The quantitative estimate of drug-likeness (QED) is 0.811. The van der Waals surface area contributed by atoms with Crippen molar-refractivity contribution in [1.29, 1.82) is 0 Å². The zero-order valence-corrected chi connectivity index (χ0v) is 16.9. The molecule has 5 nitrogen and oxygen atoms in total. The molecule has 0 spiro atoms. The zero-order chi connectivity index (χ0) is 20.0. The van der Waals surface area contributed by atoms with Gasteiger partial charge in [0.1, 0.15) is 11.8 Å². The van der Waals surface area contributed by atoms with E-state index in [9.17, 15) is 9.59 Å². The summed E-state index contributed by atoms with van der Waals surface area (Å²) in [4.78, 5) is 27.1. The van der Waals surface area contributed by atoms with Gasteiger partial charge in [-0.15, -0.1) is 0 Å². The van der Waals surface area contributed by atoms with Gasteiger partial charge in [0, 0.05) is 24.1 Å². The van der Waals surface area contributed by atoms with Gasteiger partial charge in [-0.2, -0.15) is 0 Å². The number of piperazine rings is 1. The molecule has 146 valence electrons. The molecule has 0 aromatic heterocycles. The lowest BCUT2D eigenvalue weighted by molar-refractivity contribution is -0.142. The Morgan fingerprint density at radius 1 is 1.19 bits per heavy atom. The molecule has 1 fully saturated rings. The van der Waals surface area contributed by atoms with E-state index in [1.165, 1.54) is 0 Å². The molecular weight excluding hydrogens is 340 g/mol. The fourth-order valence-corrected chi connectivity index (χ4v) is 3.33. The normalized spacial score (nSPS) is 19.5. The van der Waals surface area contributed by atoms with E-state index >= 15 is 0 Å². The Morgan fingerprint density at radius 3 is 2.37 bits per heavy atom. The van der Waals surface area contributed by atoms with Crippen LogP contribution in [-0.2, 0) is 9.59 Å². The second kappa shape index (κ2) is 9.45. The van der Waals surface area contributed by atoms with Crippen LogP contribution < -0.4 is 10.1 Å². The van der Waals surface area contributed by atoms with Crippen LogP contribution in [0.4, 0.5) is 0 Å². The van der Waals surface area contributed by atoms with E-state index in [2.05, 4.69) is 44.9 Å². The third-order valence-electron chi connectivity index (χ3n) is 4.56. The average Bonchev–Trinajstić information content (AvgIpc) is 2.61. The number of benzene rings is 1. The number of hydrogen-bond donors (Lipinski definition) is 1. The lowest BCUT2D eigenvalue weighted by Gasteiger charge is -2.39. The molecule has 5 heteroatoms. The second-order valence-corrected chi connectivity index (χ2v) is 7.92. The van der Waals surface area contributed by atoms with Crippen molar-refractivity contribution in [3.8, 4) is 17.6 Å². The third-order valence-corrected chi connectivity index (χ3v) is 4.56. The number of methoxy groups -OCH3 is 1. The molecular formula is C22H30N2O3. The summed E-state index contributed by atoms with van der Waals surface area (Å²) in [7, 11) is 1.61. The SMILES string of the molecule is COc1ccc(C#CC(=O)N2CC(CC(C)C)NC(=O)C2CC(C)C)cc1. The Bertz CT molecular complexity index is 713. The number of carbonyl (C=O) groups excluding carboxylic acids is 2. The van der Waals surface area contributed by atoms with E-state index in [4.69, 9.17) is 4.74 Å². The molecule has 0 bridgehead atoms. The van der Waals surface area contributed by atoms with Gasteiger partial charge in [0.15, 0.2) is 0 Å². The van der Waals surface area contributed by atoms with Crippen LogP contribution in [0.5, 0.6) is 5.75 Å². The van der Waals surface area contributed by atoms with Crippen LogP contribution in [0, 0.1) is 23.7 Å². The zero-order valence-electron chi connectivity index (χ0n) is 16.9. The Kier molecular flexibility index (Phi) is 7.29. The van der Waals surface area contributed by atoms with Crippen LogP contribution in [-0.4, -0.2) is 42.5 Å². The number of carbonyl (C=O) groups is 2. The summed E-state index contributed by atoms with van der Waals surface area (Å²) in [5.41, 5.74) is 0.741. The lowest BCUT2D eigenvalue weighted by atomic mass is 9.95. The summed E-state index contributed by atoms with van der Waals surface area (Å²) >= 11 is 0. The van der Waals surface area contributed by atoms with E-state index in [1.807, 2.05) is 24.3 Å². The summed E-state index contributed by atoms with van der Waals surface area (Å²) in [6.45, 7) is 8.85. The van der Waals surface area contributed by atoms with Crippen molar-refractivity contribution >= 4 is 11.8 Å². The highest BCUT2D eigenvalue weighted by molar-refractivity contribution is 5.98. The number of amides is 2. The summed E-state index contributed by atoms with van der Waals surface area (Å²) in [6.07, 6.45) is 1.48. The first kappa shape index (κ1) is 20.8. The molecule has 1 aliphatic rings. The van der Waals surface area contributed by atoms with E-state index in [1.54, 1.807) is 12.0 Å². The molecule has 27 heavy (non-hydrogen) atoms. The summed E-state index contributed by atoms with van der Waals surface area (Å²) < 4.78 is 5.13. The molecule has 0 aliphatic carbocycles. The van der Waals surface area contributed by atoms with Crippen molar-refractivity contribution in [3.63, 3.8) is 0 Å². The third kappa shape index (κ3) is 6.02. The monoisotopic (exact) mass is 370 g/mol. The molecule has 1 heterocycles. The van der Waals surface area contributed by atoms with Crippen LogP contribution >= 0.6 is 0 Å². The van der Waals surface area contributed by atoms with Crippen molar-refractivity contribution in [2.45, 2.75) is 52.6 Å². The molecule has 1 aromatic carbocycles. The van der Waals surface area contributed by atoms with Gasteiger partial charge in [-0.3, -0.25) is 9.59 Å². The van der Waals surface area contributed by atoms with Gasteiger partial charge in [0.2, 0.25) is 5.91 Å². The molecule has 2 unspecified atom stereocenters. The second-order valence-electron chi connectivity index (χ2n) is 7.92. The summed E-state index contributed by atoms with van der Waals surface area (Å²) in [6, 6.07) is 6.77. The topological polar surface area (TPSA) is 58.6 Å². The minimum atomic E-state index is -0.453. The van der Waals surface area contributed by atoms with Crippen molar-refractivity contribution in [1.82, 2.24) is 10.2 Å². The minimum absolute atomic E-state index is 0.0207. The molecule has 2 atom stereocenters. The van der Waals surface area contributed by atoms with E-state index < -0.39 is 6.04 Å². The number of nitrogens with zero attached hydrogens (tertiary/aromatic N) is 1. The lowest BCUT2D eigenvalue weighted by Crippen LogP contribution is -2.61. The summed E-state index contributed by atoms with van der Waals surface area (Å²) in [5.74, 6) is 6.77. The van der Waals surface area contributed by atoms with Gasteiger partial charge in [-0.05, 0) is 48.9 Å². The fourth-order valence-electron chi connectivity index (χ4n) is 3.33. The molecule has 2 amide bonds. The van der Waals surface area contributed by atoms with Gasteiger partial charge in [0.25, 0.3) is 5.91 Å². The van der Waals surface area contributed by atoms with E-state index in [0.717, 1.165) is 17.7 Å². The van der Waals surface area contributed by atoms with Gasteiger partial charge in [0.05, 0.1) is 7.11 Å². The number of hydrogen-bond acceptors (Lipinski definition) is 3. The van der Waals surface area contributed by atoms with Crippen LogP contribution in [0.15, 0.2) is 24.3 Å². The van der Waals surface area contributed by atoms with Gasteiger partial charge in [-0.1, -0.05) is 33.6 Å². The standard InChI is InChI=1S/C22H30N2O3/c1-15(2)12-18-14-24(20(13-16(3)4)22(26)23-18)21(25)11-8-17-6-9-19(27-5)10-7-17/h6-7,9-10,15-16,18,20H,12-14H2,1-5H3,(H,23,26). The van der Waals surface area contributed by atoms with E-state index in [-0.39, 0.29) is 17.9 Å². The first-order chi connectivity index (χ1) is 12.8. The molecule has 1 aliphatic heterocycles.